The van der Waals surface area contributed by atoms with Crippen molar-refractivity contribution in [1.29, 1.82) is 0 Å². The van der Waals surface area contributed by atoms with E-state index in [9.17, 15) is 9.18 Å². The Morgan fingerprint density at radius 3 is 2.77 bits per heavy atom. The van der Waals surface area contributed by atoms with Crippen LogP contribution in [0.15, 0.2) is 48.7 Å². The molecule has 1 aliphatic heterocycles. The van der Waals surface area contributed by atoms with Crippen LogP contribution in [-0.4, -0.2) is 41.0 Å². The SMILES string of the molecule is C[C@@H](Oc1ccc2c(-c3ccc(F)cc3Cl)ccnc2c1)C(=O)N1CC[C@@H](N)C1.Cl. The fourth-order valence-electron chi connectivity index (χ4n) is 3.64. The maximum absolute atomic E-state index is 13.4. The number of carbonyl (C=O) groups is 1. The number of aromatic nitrogens is 1. The predicted octanol–water partition coefficient (Wildman–Crippen LogP) is 4.44. The average Bonchev–Trinajstić information content (AvgIpc) is 3.13. The zero-order chi connectivity index (χ0) is 20.5. The Bertz CT molecular complexity index is 1080. The van der Waals surface area contributed by atoms with Crippen LogP contribution in [0.1, 0.15) is 13.3 Å². The minimum absolute atomic E-state index is 0. The summed E-state index contributed by atoms with van der Waals surface area (Å²) < 4.78 is 19.3. The summed E-state index contributed by atoms with van der Waals surface area (Å²) in [6.45, 7) is 2.96. The van der Waals surface area contributed by atoms with Crippen molar-refractivity contribution in [1.82, 2.24) is 9.88 Å². The molecule has 0 unspecified atom stereocenters. The van der Waals surface area contributed by atoms with E-state index in [2.05, 4.69) is 4.98 Å². The minimum atomic E-state index is -0.618. The number of benzene rings is 2. The van der Waals surface area contributed by atoms with Crippen LogP contribution >= 0.6 is 24.0 Å². The van der Waals surface area contributed by atoms with Crippen molar-refractivity contribution in [3.8, 4) is 16.9 Å². The van der Waals surface area contributed by atoms with E-state index in [1.54, 1.807) is 36.2 Å². The zero-order valence-electron chi connectivity index (χ0n) is 16.3. The number of amides is 1. The number of pyridine rings is 1. The molecule has 158 valence electrons. The first-order valence-electron chi connectivity index (χ1n) is 9.47. The molecule has 3 aromatic rings. The Morgan fingerprint density at radius 2 is 2.07 bits per heavy atom. The second-order valence-electron chi connectivity index (χ2n) is 7.25. The first-order valence-corrected chi connectivity index (χ1v) is 9.85. The third kappa shape index (κ3) is 4.51. The molecule has 1 fully saturated rings. The van der Waals surface area contributed by atoms with Gasteiger partial charge in [-0.1, -0.05) is 11.6 Å². The molecule has 0 bridgehead atoms. The number of hydrogen-bond donors (Lipinski definition) is 1. The Balaban J connectivity index is 0.00000256. The van der Waals surface area contributed by atoms with E-state index in [0.29, 0.717) is 29.4 Å². The summed E-state index contributed by atoms with van der Waals surface area (Å²) in [5.74, 6) is 0.0972. The van der Waals surface area contributed by atoms with Crippen LogP contribution in [0.2, 0.25) is 5.02 Å². The Hall–Kier alpha value is -2.41. The standard InChI is InChI=1S/C22H21ClFN3O2.ClH/c1-13(22(28)27-9-7-15(25)12-27)29-16-3-5-19-17(6-8-26-21(19)11-16)18-4-2-14(24)10-20(18)23;/h2-6,8,10-11,13,15H,7,9,12,25H2,1H3;1H/t13-,15-;/m1./s1. The lowest BCUT2D eigenvalue weighted by atomic mass is 10.0. The Kier molecular flexibility index (Phi) is 6.81. The number of halogens is 3. The molecule has 0 spiro atoms. The topological polar surface area (TPSA) is 68.5 Å². The van der Waals surface area contributed by atoms with Crippen LogP contribution in [0, 0.1) is 5.82 Å². The zero-order valence-corrected chi connectivity index (χ0v) is 17.9. The Morgan fingerprint density at radius 1 is 1.27 bits per heavy atom. The highest BCUT2D eigenvalue weighted by Crippen LogP contribution is 2.34. The minimum Gasteiger partial charge on any atom is -0.481 e. The number of ether oxygens (including phenoxy) is 1. The van der Waals surface area contributed by atoms with Crippen LogP contribution in [0.3, 0.4) is 0 Å². The fraction of sp³-hybridized carbons (Fsp3) is 0.273. The van der Waals surface area contributed by atoms with Gasteiger partial charge in [0.2, 0.25) is 0 Å². The van der Waals surface area contributed by atoms with Gasteiger partial charge >= 0.3 is 0 Å². The molecule has 30 heavy (non-hydrogen) atoms. The number of fused-ring (bicyclic) bond motifs is 1. The smallest absolute Gasteiger partial charge is 0.263 e. The molecule has 2 heterocycles. The first-order chi connectivity index (χ1) is 13.9. The number of nitrogens with two attached hydrogens (primary N) is 1. The van der Waals surface area contributed by atoms with Crippen molar-refractivity contribution in [3.63, 3.8) is 0 Å². The first kappa shape index (κ1) is 22.3. The normalized spacial score (nSPS) is 16.9. The third-order valence-electron chi connectivity index (χ3n) is 5.13. The third-order valence-corrected chi connectivity index (χ3v) is 5.45. The molecule has 4 rings (SSSR count). The van der Waals surface area contributed by atoms with E-state index < -0.39 is 6.10 Å². The molecule has 2 N–H and O–H groups in total. The molecule has 0 aliphatic carbocycles. The second kappa shape index (κ2) is 9.16. The van der Waals surface area contributed by atoms with Crippen LogP contribution < -0.4 is 10.5 Å². The lowest BCUT2D eigenvalue weighted by Gasteiger charge is -2.21. The largest absolute Gasteiger partial charge is 0.481 e. The van der Waals surface area contributed by atoms with Gasteiger partial charge in [0.25, 0.3) is 5.91 Å². The molecule has 1 amide bonds. The van der Waals surface area contributed by atoms with Crippen molar-refractivity contribution in [3.05, 3.63) is 59.5 Å². The summed E-state index contributed by atoms with van der Waals surface area (Å²) >= 11 is 6.24. The van der Waals surface area contributed by atoms with Gasteiger partial charge in [0.1, 0.15) is 11.6 Å². The number of likely N-dealkylation sites (tertiary alicyclic amines) is 1. The molecule has 2 aromatic carbocycles. The molecular weight excluding hydrogens is 428 g/mol. The summed E-state index contributed by atoms with van der Waals surface area (Å²) in [5, 5.41) is 1.19. The summed E-state index contributed by atoms with van der Waals surface area (Å²) in [7, 11) is 0. The van der Waals surface area contributed by atoms with Crippen molar-refractivity contribution in [2.24, 2.45) is 5.73 Å². The molecule has 1 saturated heterocycles. The van der Waals surface area contributed by atoms with Gasteiger partial charge in [-0.25, -0.2) is 4.39 Å². The van der Waals surface area contributed by atoms with Crippen LogP contribution in [0.4, 0.5) is 4.39 Å². The number of nitrogens with zero attached hydrogens (tertiary/aromatic N) is 2. The quantitative estimate of drug-likeness (QED) is 0.638. The van der Waals surface area contributed by atoms with Crippen LogP contribution in [0.25, 0.3) is 22.0 Å². The lowest BCUT2D eigenvalue weighted by Crippen LogP contribution is -2.40. The molecule has 2 atom stereocenters. The van der Waals surface area contributed by atoms with Gasteiger partial charge in [0.05, 0.1) is 10.5 Å². The van der Waals surface area contributed by atoms with E-state index in [-0.39, 0.29) is 30.2 Å². The van der Waals surface area contributed by atoms with Crippen molar-refractivity contribution < 1.29 is 13.9 Å². The maximum atomic E-state index is 13.4. The number of carbonyl (C=O) groups excluding carboxylic acids is 1. The Labute approximate surface area is 185 Å². The number of rotatable bonds is 4. The molecule has 1 aromatic heterocycles. The van der Waals surface area contributed by atoms with Gasteiger partial charge < -0.3 is 15.4 Å². The second-order valence-corrected chi connectivity index (χ2v) is 7.66. The molecule has 0 radical (unpaired) electrons. The lowest BCUT2D eigenvalue weighted by molar-refractivity contribution is -0.136. The summed E-state index contributed by atoms with van der Waals surface area (Å²) in [6, 6.07) is 11.6. The van der Waals surface area contributed by atoms with Crippen LogP contribution in [-0.2, 0) is 4.79 Å². The van der Waals surface area contributed by atoms with E-state index in [1.807, 2.05) is 12.1 Å². The van der Waals surface area contributed by atoms with Gasteiger partial charge in [-0.15, -0.1) is 12.4 Å². The maximum Gasteiger partial charge on any atom is 0.263 e. The highest BCUT2D eigenvalue weighted by atomic mass is 35.5. The van der Waals surface area contributed by atoms with Gasteiger partial charge in [0, 0.05) is 42.3 Å². The predicted molar refractivity (Wildman–Crippen MR) is 119 cm³/mol. The van der Waals surface area contributed by atoms with E-state index in [0.717, 1.165) is 22.9 Å². The average molecular weight is 450 g/mol. The van der Waals surface area contributed by atoms with Crippen molar-refractivity contribution in [2.45, 2.75) is 25.5 Å². The molecule has 5 nitrogen and oxygen atoms in total. The van der Waals surface area contributed by atoms with Crippen molar-refractivity contribution >= 4 is 40.8 Å². The summed E-state index contributed by atoms with van der Waals surface area (Å²) in [4.78, 5) is 18.7. The highest BCUT2D eigenvalue weighted by molar-refractivity contribution is 6.33. The van der Waals surface area contributed by atoms with Crippen LogP contribution in [0.5, 0.6) is 5.75 Å². The fourth-order valence-corrected chi connectivity index (χ4v) is 3.91. The van der Waals surface area contributed by atoms with E-state index in [4.69, 9.17) is 22.1 Å². The molecule has 1 aliphatic rings. The highest BCUT2D eigenvalue weighted by Gasteiger charge is 2.28. The molecule has 0 saturated carbocycles. The summed E-state index contributed by atoms with van der Waals surface area (Å²) in [5.41, 5.74) is 8.16. The number of hydrogen-bond acceptors (Lipinski definition) is 4. The van der Waals surface area contributed by atoms with Gasteiger partial charge in [-0.2, -0.15) is 0 Å². The molecular formula is C22H22Cl2FN3O2. The van der Waals surface area contributed by atoms with Gasteiger partial charge in [-0.3, -0.25) is 9.78 Å². The van der Waals surface area contributed by atoms with E-state index in [1.165, 1.54) is 12.1 Å². The molecule has 8 heteroatoms. The van der Waals surface area contributed by atoms with Gasteiger partial charge in [-0.05, 0) is 55.3 Å². The summed E-state index contributed by atoms with van der Waals surface area (Å²) in [6.07, 6.45) is 1.86. The monoisotopic (exact) mass is 449 g/mol. The van der Waals surface area contributed by atoms with Gasteiger partial charge in [0.15, 0.2) is 6.10 Å². The van der Waals surface area contributed by atoms with E-state index >= 15 is 0 Å². The van der Waals surface area contributed by atoms with Crippen molar-refractivity contribution in [2.75, 3.05) is 13.1 Å².